The summed E-state index contributed by atoms with van der Waals surface area (Å²) >= 11 is 0. The predicted octanol–water partition coefficient (Wildman–Crippen LogP) is -0.138. The van der Waals surface area contributed by atoms with E-state index in [-0.39, 0.29) is 11.5 Å². The summed E-state index contributed by atoms with van der Waals surface area (Å²) in [6, 6.07) is 1.90. The van der Waals surface area contributed by atoms with Gasteiger partial charge in [-0.15, -0.1) is 0 Å². The van der Waals surface area contributed by atoms with Crippen LogP contribution in [0.1, 0.15) is 6.92 Å². The second kappa shape index (κ2) is 6.04. The van der Waals surface area contributed by atoms with Crippen LogP contribution in [0, 0.1) is 11.3 Å². The molecule has 0 aliphatic carbocycles. The molecule has 82 valence electrons. The maximum absolute atomic E-state index is 11.8. The predicted molar refractivity (Wildman–Crippen MR) is 54.8 cm³/mol. The first-order valence-electron chi connectivity index (χ1n) is 5.00. The highest BCUT2D eigenvalue weighted by atomic mass is 16.5. The lowest BCUT2D eigenvalue weighted by Crippen LogP contribution is -2.41. The Morgan fingerprint density at radius 2 is 2.27 bits per heavy atom. The van der Waals surface area contributed by atoms with E-state index >= 15 is 0 Å². The number of amides is 1. The molecule has 1 saturated heterocycles. The summed E-state index contributed by atoms with van der Waals surface area (Å²) in [4.78, 5) is 13.4. The fourth-order valence-corrected chi connectivity index (χ4v) is 1.28. The van der Waals surface area contributed by atoms with Crippen molar-refractivity contribution in [2.45, 2.75) is 6.92 Å². The van der Waals surface area contributed by atoms with Crippen molar-refractivity contribution in [2.24, 2.45) is 0 Å². The second-order valence-electron chi connectivity index (χ2n) is 3.13. The molecule has 1 fully saturated rings. The van der Waals surface area contributed by atoms with Gasteiger partial charge in [0.25, 0.3) is 5.91 Å². The van der Waals surface area contributed by atoms with Crippen molar-refractivity contribution in [2.75, 3.05) is 32.8 Å². The van der Waals surface area contributed by atoms with Gasteiger partial charge in [0.2, 0.25) is 0 Å². The van der Waals surface area contributed by atoms with E-state index in [0.29, 0.717) is 32.8 Å². The molecule has 0 aromatic rings. The van der Waals surface area contributed by atoms with E-state index in [4.69, 9.17) is 10.00 Å². The fraction of sp³-hybridized carbons (Fsp3) is 0.600. The molecule has 15 heavy (non-hydrogen) atoms. The first kappa shape index (κ1) is 11.5. The lowest BCUT2D eigenvalue weighted by Gasteiger charge is -2.26. The molecule has 1 heterocycles. The topological polar surface area (TPSA) is 65.4 Å². The minimum absolute atomic E-state index is 0.152. The zero-order chi connectivity index (χ0) is 11.1. The Balaban J connectivity index is 2.60. The van der Waals surface area contributed by atoms with E-state index in [2.05, 4.69) is 5.32 Å². The quantitative estimate of drug-likeness (QED) is 0.519. The average Bonchev–Trinajstić information content (AvgIpc) is 2.31. The number of nitrogens with one attached hydrogen (secondary N) is 1. The molecule has 0 spiro atoms. The molecule has 1 rings (SSSR count). The van der Waals surface area contributed by atoms with Gasteiger partial charge >= 0.3 is 0 Å². The van der Waals surface area contributed by atoms with Crippen molar-refractivity contribution >= 4 is 5.91 Å². The van der Waals surface area contributed by atoms with Crippen LogP contribution in [0.4, 0.5) is 0 Å². The summed E-state index contributed by atoms with van der Waals surface area (Å²) in [5.74, 6) is -0.221. The maximum Gasteiger partial charge on any atom is 0.266 e. The van der Waals surface area contributed by atoms with E-state index < -0.39 is 0 Å². The van der Waals surface area contributed by atoms with Gasteiger partial charge in [-0.05, 0) is 6.92 Å². The molecule has 5 nitrogen and oxygen atoms in total. The highest BCUT2D eigenvalue weighted by Gasteiger charge is 2.20. The van der Waals surface area contributed by atoms with Crippen LogP contribution in [0.5, 0.6) is 0 Å². The molecule has 0 radical (unpaired) electrons. The summed E-state index contributed by atoms with van der Waals surface area (Å²) in [6.07, 6.45) is 1.47. The Hall–Kier alpha value is -1.54. The average molecular weight is 209 g/mol. The third kappa shape index (κ3) is 3.26. The second-order valence-corrected chi connectivity index (χ2v) is 3.13. The molecule has 1 aliphatic rings. The third-order valence-electron chi connectivity index (χ3n) is 2.10. The van der Waals surface area contributed by atoms with E-state index in [1.54, 1.807) is 4.90 Å². The van der Waals surface area contributed by atoms with E-state index in [0.717, 1.165) is 0 Å². The summed E-state index contributed by atoms with van der Waals surface area (Å²) in [5.41, 5.74) is 0.152. The van der Waals surface area contributed by atoms with Crippen LogP contribution < -0.4 is 5.32 Å². The smallest absolute Gasteiger partial charge is 0.266 e. The van der Waals surface area contributed by atoms with Gasteiger partial charge in [-0.1, -0.05) is 0 Å². The number of morpholine rings is 1. The van der Waals surface area contributed by atoms with Gasteiger partial charge in [-0.3, -0.25) is 4.79 Å². The lowest BCUT2D eigenvalue weighted by atomic mass is 10.2. The fourth-order valence-electron chi connectivity index (χ4n) is 1.28. The van der Waals surface area contributed by atoms with Crippen LogP contribution in [-0.2, 0) is 9.53 Å². The van der Waals surface area contributed by atoms with Crippen LogP contribution in [0.15, 0.2) is 11.8 Å². The molecule has 5 heteroatoms. The maximum atomic E-state index is 11.8. The number of nitriles is 1. The van der Waals surface area contributed by atoms with E-state index in [1.807, 2.05) is 13.0 Å². The molecule has 0 aromatic carbocycles. The minimum atomic E-state index is -0.221. The summed E-state index contributed by atoms with van der Waals surface area (Å²) in [6.45, 7) is 4.82. The number of hydrogen-bond acceptors (Lipinski definition) is 4. The van der Waals surface area contributed by atoms with Crippen LogP contribution in [0.3, 0.4) is 0 Å². The van der Waals surface area contributed by atoms with Crippen LogP contribution in [-0.4, -0.2) is 43.7 Å². The Morgan fingerprint density at radius 1 is 1.60 bits per heavy atom. The Labute approximate surface area is 89.3 Å². The van der Waals surface area contributed by atoms with Gasteiger partial charge in [0.1, 0.15) is 11.6 Å². The normalized spacial score (nSPS) is 17.1. The molecule has 1 N–H and O–H groups in total. The van der Waals surface area contributed by atoms with Gasteiger partial charge in [0.15, 0.2) is 0 Å². The molecule has 1 aliphatic heterocycles. The molecule has 1 amide bonds. The van der Waals surface area contributed by atoms with Crippen molar-refractivity contribution in [1.29, 1.82) is 5.26 Å². The summed E-state index contributed by atoms with van der Waals surface area (Å²) in [5, 5.41) is 11.7. The Bertz CT molecular complexity index is 288. The molecule has 0 atom stereocenters. The van der Waals surface area contributed by atoms with E-state index in [9.17, 15) is 4.79 Å². The number of carbonyl (C=O) groups excluding carboxylic acids is 1. The first-order chi connectivity index (χ1) is 7.29. The minimum Gasteiger partial charge on any atom is -0.390 e. The van der Waals surface area contributed by atoms with Crippen LogP contribution in [0.25, 0.3) is 0 Å². The lowest BCUT2D eigenvalue weighted by molar-refractivity contribution is -0.130. The first-order valence-corrected chi connectivity index (χ1v) is 5.00. The number of carbonyl (C=O) groups is 1. The molecular formula is C10H15N3O2. The zero-order valence-corrected chi connectivity index (χ0v) is 8.82. The van der Waals surface area contributed by atoms with Gasteiger partial charge in [-0.2, -0.15) is 5.26 Å². The number of hydrogen-bond donors (Lipinski definition) is 1. The molecule has 0 saturated carbocycles. The van der Waals surface area contributed by atoms with Gasteiger partial charge < -0.3 is 15.0 Å². The summed E-state index contributed by atoms with van der Waals surface area (Å²) < 4.78 is 5.13. The number of ether oxygens (including phenoxy) is 1. The number of nitrogens with zero attached hydrogens (tertiary/aromatic N) is 2. The van der Waals surface area contributed by atoms with Crippen molar-refractivity contribution < 1.29 is 9.53 Å². The largest absolute Gasteiger partial charge is 0.390 e. The van der Waals surface area contributed by atoms with Crippen LogP contribution >= 0.6 is 0 Å². The van der Waals surface area contributed by atoms with Gasteiger partial charge in [0.05, 0.1) is 13.2 Å². The van der Waals surface area contributed by atoms with E-state index in [1.165, 1.54) is 6.20 Å². The molecule has 0 bridgehead atoms. The zero-order valence-electron chi connectivity index (χ0n) is 8.82. The standard InChI is InChI=1S/C10H15N3O2/c1-2-12-8-9(7-11)10(14)13-3-5-15-6-4-13/h8,12H,2-6H2,1H3/b9-8-. The molecule has 0 aromatic heterocycles. The van der Waals surface area contributed by atoms with Crippen LogP contribution in [0.2, 0.25) is 0 Å². The van der Waals surface area contributed by atoms with Crippen molar-refractivity contribution in [3.05, 3.63) is 11.8 Å². The van der Waals surface area contributed by atoms with Gasteiger partial charge in [-0.25, -0.2) is 0 Å². The highest BCUT2D eigenvalue weighted by Crippen LogP contribution is 2.03. The monoisotopic (exact) mass is 209 g/mol. The highest BCUT2D eigenvalue weighted by molar-refractivity contribution is 5.97. The SMILES string of the molecule is CCN/C=C(/C#N)C(=O)N1CCOCC1. The molecule has 0 unspecified atom stereocenters. The van der Waals surface area contributed by atoms with Crippen molar-refractivity contribution in [3.63, 3.8) is 0 Å². The van der Waals surface area contributed by atoms with Crippen molar-refractivity contribution in [1.82, 2.24) is 10.2 Å². The Morgan fingerprint density at radius 3 is 2.80 bits per heavy atom. The summed E-state index contributed by atoms with van der Waals surface area (Å²) in [7, 11) is 0. The number of rotatable bonds is 3. The third-order valence-corrected chi connectivity index (χ3v) is 2.10. The van der Waals surface area contributed by atoms with Crippen molar-refractivity contribution in [3.8, 4) is 6.07 Å². The van der Waals surface area contributed by atoms with Gasteiger partial charge in [0, 0.05) is 25.8 Å². The molecular weight excluding hydrogens is 194 g/mol. The Kier molecular flexibility index (Phi) is 4.64.